The van der Waals surface area contributed by atoms with Gasteiger partial charge in [-0.2, -0.15) is 0 Å². The molecule has 3 heteroatoms. The van der Waals surface area contributed by atoms with Gasteiger partial charge in [-0.15, -0.1) is 11.3 Å². The second kappa shape index (κ2) is 3.46. The molecular formula is C10H11NOS. The van der Waals surface area contributed by atoms with Gasteiger partial charge in [0, 0.05) is 9.58 Å². The Morgan fingerprint density at radius 1 is 1.46 bits per heavy atom. The zero-order chi connectivity index (χ0) is 9.26. The van der Waals surface area contributed by atoms with Crippen LogP contribution in [0.25, 0.3) is 10.1 Å². The van der Waals surface area contributed by atoms with Crippen molar-refractivity contribution in [3.8, 4) is 0 Å². The molecule has 0 aliphatic heterocycles. The van der Waals surface area contributed by atoms with E-state index in [0.717, 1.165) is 5.56 Å². The third-order valence-corrected chi connectivity index (χ3v) is 3.13. The minimum absolute atomic E-state index is 0.483. The van der Waals surface area contributed by atoms with Gasteiger partial charge in [-0.1, -0.05) is 18.2 Å². The van der Waals surface area contributed by atoms with E-state index in [-0.39, 0.29) is 0 Å². The van der Waals surface area contributed by atoms with E-state index >= 15 is 0 Å². The van der Waals surface area contributed by atoms with Crippen molar-refractivity contribution in [1.82, 2.24) is 0 Å². The molecule has 0 saturated carbocycles. The predicted molar refractivity (Wildman–Crippen MR) is 55.5 cm³/mol. The molecule has 2 nitrogen and oxygen atoms in total. The number of hydrogen-bond donors (Lipinski definition) is 1. The molecule has 0 bridgehead atoms. The first kappa shape index (κ1) is 8.69. The van der Waals surface area contributed by atoms with Crippen molar-refractivity contribution in [3.05, 3.63) is 34.7 Å². The number of hydrogen-bond acceptors (Lipinski definition) is 3. The Hall–Kier alpha value is -0.900. The second-order valence-electron chi connectivity index (χ2n) is 3.00. The first-order valence-corrected chi connectivity index (χ1v) is 4.92. The first-order valence-electron chi connectivity index (χ1n) is 4.11. The maximum absolute atomic E-state index is 5.06. The molecule has 0 fully saturated rings. The number of aryl methyl sites for hydroxylation is 1. The fourth-order valence-corrected chi connectivity index (χ4v) is 2.47. The average Bonchev–Trinajstić information content (AvgIpc) is 2.47. The Bertz CT molecular complexity index is 422. The van der Waals surface area contributed by atoms with Crippen LogP contribution in [0.3, 0.4) is 0 Å². The van der Waals surface area contributed by atoms with E-state index < -0.39 is 0 Å². The summed E-state index contributed by atoms with van der Waals surface area (Å²) in [5.74, 6) is 5.06. The second-order valence-corrected chi connectivity index (χ2v) is 4.26. The van der Waals surface area contributed by atoms with Gasteiger partial charge < -0.3 is 0 Å². The summed E-state index contributed by atoms with van der Waals surface area (Å²) >= 11 is 1.78. The van der Waals surface area contributed by atoms with Crippen molar-refractivity contribution in [2.75, 3.05) is 0 Å². The van der Waals surface area contributed by atoms with Crippen LogP contribution in [0.4, 0.5) is 0 Å². The highest BCUT2D eigenvalue weighted by atomic mass is 32.1. The molecule has 1 aromatic carbocycles. The summed E-state index contributed by atoms with van der Waals surface area (Å²) in [5, 5.41) is 1.28. The van der Waals surface area contributed by atoms with Crippen molar-refractivity contribution in [2.45, 2.75) is 13.5 Å². The van der Waals surface area contributed by atoms with E-state index in [0.29, 0.717) is 6.61 Å². The number of nitrogens with two attached hydrogens (primary N) is 1. The van der Waals surface area contributed by atoms with Crippen molar-refractivity contribution < 1.29 is 4.84 Å². The first-order chi connectivity index (χ1) is 6.31. The topological polar surface area (TPSA) is 35.2 Å². The molecule has 1 aromatic heterocycles. The van der Waals surface area contributed by atoms with Crippen molar-refractivity contribution in [1.29, 1.82) is 0 Å². The van der Waals surface area contributed by atoms with Gasteiger partial charge in [0.1, 0.15) is 0 Å². The van der Waals surface area contributed by atoms with Crippen LogP contribution in [0.15, 0.2) is 24.3 Å². The van der Waals surface area contributed by atoms with Crippen LogP contribution in [0.1, 0.15) is 10.4 Å². The van der Waals surface area contributed by atoms with Crippen LogP contribution in [0.5, 0.6) is 0 Å². The molecule has 0 spiro atoms. The Kier molecular flexibility index (Phi) is 2.31. The molecule has 68 valence electrons. The van der Waals surface area contributed by atoms with E-state index in [9.17, 15) is 0 Å². The standard InChI is InChI=1S/C10H11NOS/c1-7-5-8-3-2-4-9(6-12-11)10(8)13-7/h2-5H,6,11H2,1H3. The summed E-state index contributed by atoms with van der Waals surface area (Å²) in [6.07, 6.45) is 0. The molecule has 0 saturated heterocycles. The SMILES string of the molecule is Cc1cc2cccc(CON)c2s1. The predicted octanol–water partition coefficient (Wildman–Crippen LogP) is 2.60. The molecule has 2 N–H and O–H groups in total. The number of thiophene rings is 1. The lowest BCUT2D eigenvalue weighted by atomic mass is 10.2. The van der Waals surface area contributed by atoms with E-state index in [1.165, 1.54) is 15.0 Å². The monoisotopic (exact) mass is 193 g/mol. The lowest BCUT2D eigenvalue weighted by Crippen LogP contribution is -1.98. The summed E-state index contributed by atoms with van der Waals surface area (Å²) in [7, 11) is 0. The molecule has 0 amide bonds. The molecule has 0 aliphatic carbocycles. The van der Waals surface area contributed by atoms with Crippen molar-refractivity contribution >= 4 is 21.4 Å². The van der Waals surface area contributed by atoms with Crippen LogP contribution in [0, 0.1) is 6.92 Å². The van der Waals surface area contributed by atoms with Crippen LogP contribution < -0.4 is 5.90 Å². The Balaban J connectivity index is 2.60. The molecule has 0 aliphatic rings. The van der Waals surface area contributed by atoms with E-state index in [4.69, 9.17) is 5.90 Å². The van der Waals surface area contributed by atoms with Gasteiger partial charge in [0.25, 0.3) is 0 Å². The van der Waals surface area contributed by atoms with E-state index in [1.807, 2.05) is 12.1 Å². The summed E-state index contributed by atoms with van der Waals surface area (Å²) in [5.41, 5.74) is 1.16. The quantitative estimate of drug-likeness (QED) is 0.744. The van der Waals surface area contributed by atoms with E-state index in [1.54, 1.807) is 11.3 Å². The van der Waals surface area contributed by atoms with Crippen molar-refractivity contribution in [2.24, 2.45) is 5.90 Å². The zero-order valence-corrected chi connectivity index (χ0v) is 8.23. The van der Waals surface area contributed by atoms with Gasteiger partial charge in [0.2, 0.25) is 0 Å². The molecule has 2 rings (SSSR count). The molecule has 0 atom stereocenters. The highest BCUT2D eigenvalue weighted by Gasteiger charge is 2.03. The normalized spacial score (nSPS) is 10.9. The Morgan fingerprint density at radius 2 is 2.31 bits per heavy atom. The van der Waals surface area contributed by atoms with E-state index in [2.05, 4.69) is 23.9 Å². The van der Waals surface area contributed by atoms with Gasteiger partial charge in [-0.05, 0) is 23.9 Å². The minimum Gasteiger partial charge on any atom is -0.300 e. The summed E-state index contributed by atoms with van der Waals surface area (Å²) < 4.78 is 1.28. The van der Waals surface area contributed by atoms with Gasteiger partial charge in [0.15, 0.2) is 0 Å². The molecule has 2 aromatic rings. The maximum Gasteiger partial charge on any atom is 0.0943 e. The smallest absolute Gasteiger partial charge is 0.0943 e. The maximum atomic E-state index is 5.06. The fraction of sp³-hybridized carbons (Fsp3) is 0.200. The highest BCUT2D eigenvalue weighted by molar-refractivity contribution is 7.19. The lowest BCUT2D eigenvalue weighted by Gasteiger charge is -1.99. The van der Waals surface area contributed by atoms with Gasteiger partial charge in [0.05, 0.1) is 6.61 Å². The van der Waals surface area contributed by atoms with Crippen LogP contribution in [-0.2, 0) is 11.4 Å². The molecular weight excluding hydrogens is 182 g/mol. The Morgan fingerprint density at radius 3 is 3.08 bits per heavy atom. The minimum atomic E-state index is 0.483. The third kappa shape index (κ3) is 1.58. The summed E-state index contributed by atoms with van der Waals surface area (Å²) in [6, 6.07) is 8.37. The lowest BCUT2D eigenvalue weighted by molar-refractivity contribution is 0.125. The van der Waals surface area contributed by atoms with Crippen LogP contribution >= 0.6 is 11.3 Å². The van der Waals surface area contributed by atoms with Gasteiger partial charge in [-0.3, -0.25) is 4.84 Å². The Labute approximate surface area is 80.9 Å². The fourth-order valence-electron chi connectivity index (χ4n) is 1.46. The average molecular weight is 193 g/mol. The summed E-state index contributed by atoms with van der Waals surface area (Å²) in [4.78, 5) is 5.97. The van der Waals surface area contributed by atoms with Crippen molar-refractivity contribution in [3.63, 3.8) is 0 Å². The molecule has 13 heavy (non-hydrogen) atoms. The summed E-state index contributed by atoms with van der Waals surface area (Å²) in [6.45, 7) is 2.59. The van der Waals surface area contributed by atoms with Crippen LogP contribution in [0.2, 0.25) is 0 Å². The zero-order valence-electron chi connectivity index (χ0n) is 7.41. The number of fused-ring (bicyclic) bond motifs is 1. The number of rotatable bonds is 2. The highest BCUT2D eigenvalue weighted by Crippen LogP contribution is 2.28. The molecule has 0 unspecified atom stereocenters. The molecule has 1 heterocycles. The molecule has 0 radical (unpaired) electrons. The van der Waals surface area contributed by atoms with Crippen LogP contribution in [-0.4, -0.2) is 0 Å². The third-order valence-electron chi connectivity index (χ3n) is 1.99. The largest absolute Gasteiger partial charge is 0.300 e. The van der Waals surface area contributed by atoms with Gasteiger partial charge in [-0.25, -0.2) is 5.90 Å². The number of benzene rings is 1. The van der Waals surface area contributed by atoms with Gasteiger partial charge >= 0.3 is 0 Å².